The number of nitrogens with zero attached hydrogens (tertiary/aromatic N) is 3. The van der Waals surface area contributed by atoms with E-state index >= 15 is 0 Å². The number of aromatic nitrogens is 3. The highest BCUT2D eigenvalue weighted by molar-refractivity contribution is 7.85. The minimum atomic E-state index is -4.16. The van der Waals surface area contributed by atoms with Crippen molar-refractivity contribution in [2.75, 3.05) is 0 Å². The van der Waals surface area contributed by atoms with Gasteiger partial charge in [0.25, 0.3) is 21.1 Å². The summed E-state index contributed by atoms with van der Waals surface area (Å²) in [6.45, 7) is 1.86. The summed E-state index contributed by atoms with van der Waals surface area (Å²) >= 11 is 4.20. The van der Waals surface area contributed by atoms with Gasteiger partial charge in [0.2, 0.25) is 0 Å². The topological polar surface area (TPSA) is 76.1 Å². The lowest BCUT2D eigenvalue weighted by Crippen LogP contribution is -2.36. The molecule has 0 spiro atoms. The molecule has 0 amide bonds. The number of benzene rings is 1. The van der Waals surface area contributed by atoms with E-state index in [1.165, 1.54) is 12.1 Å². The molecule has 0 saturated carbocycles. The predicted octanol–water partition coefficient (Wildman–Crippen LogP) is 0.541. The Morgan fingerprint density at radius 2 is 1.89 bits per heavy atom. The zero-order valence-corrected chi connectivity index (χ0v) is 11.5. The van der Waals surface area contributed by atoms with Crippen molar-refractivity contribution in [3.05, 3.63) is 30.1 Å². The largest absolute Gasteiger partial charge is 0.294 e. The third kappa shape index (κ3) is 2.26. The van der Waals surface area contributed by atoms with Crippen molar-refractivity contribution in [3.8, 4) is 5.69 Å². The van der Waals surface area contributed by atoms with Crippen LogP contribution in [0.4, 0.5) is 0 Å². The summed E-state index contributed by atoms with van der Waals surface area (Å²) in [5.74, 6) is 0.847. The zero-order chi connectivity index (χ0) is 13.5. The van der Waals surface area contributed by atoms with Crippen molar-refractivity contribution in [3.63, 3.8) is 0 Å². The summed E-state index contributed by atoms with van der Waals surface area (Å²) < 4.78 is 34.2. The van der Waals surface area contributed by atoms with Gasteiger partial charge < -0.3 is 0 Å². The van der Waals surface area contributed by atoms with Crippen LogP contribution in [0, 0.1) is 6.92 Å². The van der Waals surface area contributed by atoms with Crippen LogP contribution in [0.3, 0.4) is 0 Å². The van der Waals surface area contributed by atoms with Crippen molar-refractivity contribution >= 4 is 22.7 Å². The molecular weight excluding hydrogens is 274 g/mol. The number of rotatable bonds is 2. The van der Waals surface area contributed by atoms with E-state index in [-0.39, 0.29) is 4.90 Å². The molecule has 1 N–H and O–H groups in total. The molecule has 8 heteroatoms. The molecule has 0 aliphatic rings. The lowest BCUT2D eigenvalue weighted by Gasteiger charge is -1.98. The van der Waals surface area contributed by atoms with E-state index in [1.807, 2.05) is 14.0 Å². The normalized spacial score (nSPS) is 11.8. The Hall–Kier alpha value is -1.38. The molecule has 6 nitrogen and oxygen atoms in total. The van der Waals surface area contributed by atoms with Crippen molar-refractivity contribution in [2.24, 2.45) is 7.05 Å². The van der Waals surface area contributed by atoms with Crippen LogP contribution >= 0.6 is 12.6 Å². The van der Waals surface area contributed by atoms with Gasteiger partial charge >= 0.3 is 0 Å². The van der Waals surface area contributed by atoms with E-state index in [2.05, 4.69) is 17.7 Å². The second kappa shape index (κ2) is 4.38. The molecule has 1 aromatic carbocycles. The molecule has 0 aliphatic heterocycles. The van der Waals surface area contributed by atoms with E-state index in [9.17, 15) is 8.42 Å². The minimum absolute atomic E-state index is 0.147. The molecule has 0 atom stereocenters. The summed E-state index contributed by atoms with van der Waals surface area (Å²) in [6.07, 6.45) is 0. The molecule has 0 unspecified atom stereocenters. The standard InChI is InChI=1S/C10H11N3O3S2/c1-7-12(2)10(17)11-13(7)8-3-5-9(6-4-8)18(14,15)16/h3-6H,1-2H3,(H-,11,14,15,16,17)/p+1. The fourth-order valence-corrected chi connectivity index (χ4v) is 2.23. The van der Waals surface area contributed by atoms with E-state index in [0.29, 0.717) is 10.8 Å². The molecule has 2 aromatic rings. The lowest BCUT2D eigenvalue weighted by molar-refractivity contribution is -0.665. The van der Waals surface area contributed by atoms with Gasteiger partial charge in [-0.3, -0.25) is 4.55 Å². The third-order valence-electron chi connectivity index (χ3n) is 2.66. The Morgan fingerprint density at radius 1 is 1.33 bits per heavy atom. The van der Waals surface area contributed by atoms with Gasteiger partial charge in [0.15, 0.2) is 5.69 Å². The van der Waals surface area contributed by atoms with Crippen molar-refractivity contribution < 1.29 is 17.7 Å². The minimum Gasteiger partial charge on any atom is -0.282 e. The summed E-state index contributed by atoms with van der Waals surface area (Å²) in [5, 5.41) is 4.75. The first-order valence-electron chi connectivity index (χ1n) is 5.03. The van der Waals surface area contributed by atoms with Crippen LogP contribution in [-0.2, 0) is 17.2 Å². The average Bonchev–Trinajstić information content (AvgIpc) is 2.56. The fraction of sp³-hybridized carbons (Fsp3) is 0.200. The Morgan fingerprint density at radius 3 is 2.28 bits per heavy atom. The maximum absolute atomic E-state index is 10.9. The van der Waals surface area contributed by atoms with Gasteiger partial charge in [0.1, 0.15) is 0 Å². The third-order valence-corrected chi connectivity index (χ3v) is 3.92. The predicted molar refractivity (Wildman–Crippen MR) is 66.5 cm³/mol. The van der Waals surface area contributed by atoms with Gasteiger partial charge in [0, 0.05) is 6.92 Å². The van der Waals surface area contributed by atoms with Crippen LogP contribution in [0.5, 0.6) is 0 Å². The van der Waals surface area contributed by atoms with Crippen LogP contribution in [0.1, 0.15) is 5.82 Å². The summed E-state index contributed by atoms with van der Waals surface area (Å²) in [7, 11) is -2.34. The zero-order valence-electron chi connectivity index (χ0n) is 9.77. The molecule has 0 saturated heterocycles. The van der Waals surface area contributed by atoms with Crippen LogP contribution in [0.25, 0.3) is 5.69 Å². The molecule has 0 aliphatic carbocycles. The summed E-state index contributed by atoms with van der Waals surface area (Å²) in [5.41, 5.74) is 0.691. The average molecular weight is 286 g/mol. The maximum atomic E-state index is 10.9. The second-order valence-corrected chi connectivity index (χ2v) is 5.61. The van der Waals surface area contributed by atoms with Crippen molar-refractivity contribution in [2.45, 2.75) is 17.0 Å². The smallest absolute Gasteiger partial charge is 0.282 e. The molecule has 18 heavy (non-hydrogen) atoms. The molecule has 1 aromatic heterocycles. The van der Waals surface area contributed by atoms with E-state index in [1.54, 1.807) is 21.4 Å². The lowest BCUT2D eigenvalue weighted by atomic mass is 10.3. The number of thiol groups is 1. The fourth-order valence-electron chi connectivity index (χ4n) is 1.52. The number of hydrogen-bond acceptors (Lipinski definition) is 4. The second-order valence-electron chi connectivity index (χ2n) is 3.79. The van der Waals surface area contributed by atoms with E-state index in [4.69, 9.17) is 4.55 Å². The Balaban J connectivity index is 2.50. The van der Waals surface area contributed by atoms with Crippen LogP contribution in [0.15, 0.2) is 34.3 Å². The van der Waals surface area contributed by atoms with Gasteiger partial charge in [-0.25, -0.2) is 4.57 Å². The summed E-state index contributed by atoms with van der Waals surface area (Å²) in [6, 6.07) is 5.78. The molecule has 1 heterocycles. The van der Waals surface area contributed by atoms with E-state index < -0.39 is 10.1 Å². The van der Waals surface area contributed by atoms with Crippen molar-refractivity contribution in [1.29, 1.82) is 0 Å². The first-order chi connectivity index (χ1) is 8.30. The quantitative estimate of drug-likeness (QED) is 0.480. The van der Waals surface area contributed by atoms with Gasteiger partial charge in [-0.2, -0.15) is 8.42 Å². The Bertz CT molecular complexity index is 690. The van der Waals surface area contributed by atoms with Gasteiger partial charge in [-0.05, 0) is 29.4 Å². The van der Waals surface area contributed by atoms with Crippen LogP contribution < -0.4 is 4.68 Å². The van der Waals surface area contributed by atoms with Gasteiger partial charge in [-0.1, -0.05) is 17.3 Å². The highest BCUT2D eigenvalue weighted by Gasteiger charge is 2.19. The molecule has 96 valence electrons. The Labute approximate surface area is 110 Å². The molecule has 0 radical (unpaired) electrons. The SMILES string of the molecule is Cc1n(C)c(S)n[n+]1-c1ccc(S(=O)(=O)O)cc1. The molecular formula is C10H12N3O3S2+. The van der Waals surface area contributed by atoms with E-state index in [0.717, 1.165) is 5.82 Å². The maximum Gasteiger partial charge on any atom is 0.294 e. The first-order valence-corrected chi connectivity index (χ1v) is 6.92. The van der Waals surface area contributed by atoms with Crippen LogP contribution in [-0.4, -0.2) is 22.6 Å². The van der Waals surface area contributed by atoms with Crippen LogP contribution in [0.2, 0.25) is 0 Å². The number of hydrogen-bond donors (Lipinski definition) is 2. The molecule has 2 rings (SSSR count). The van der Waals surface area contributed by atoms with Gasteiger partial charge in [0.05, 0.1) is 11.9 Å². The molecule has 0 bridgehead atoms. The Kier molecular flexibility index (Phi) is 3.18. The first kappa shape index (κ1) is 13.1. The highest BCUT2D eigenvalue weighted by Crippen LogP contribution is 2.11. The molecule has 0 fully saturated rings. The monoisotopic (exact) mass is 286 g/mol. The highest BCUT2D eigenvalue weighted by atomic mass is 32.2. The summed E-state index contributed by atoms with van der Waals surface area (Å²) in [4.78, 5) is -0.147. The van der Waals surface area contributed by atoms with Crippen molar-refractivity contribution in [1.82, 2.24) is 9.67 Å². The van der Waals surface area contributed by atoms with Gasteiger partial charge in [-0.15, -0.1) is 0 Å².